The molecule has 0 heterocycles. The van der Waals surface area contributed by atoms with Gasteiger partial charge in [-0.1, -0.05) is 0 Å². The summed E-state index contributed by atoms with van der Waals surface area (Å²) in [5, 5.41) is 15.7. The molecule has 0 atom stereocenters. The Labute approximate surface area is 95.3 Å². The third kappa shape index (κ3) is 4.38. The van der Waals surface area contributed by atoms with Gasteiger partial charge < -0.3 is 10.1 Å². The fraction of sp³-hybridized carbons (Fsp3) is 0.0909. The fourth-order valence-electron chi connectivity index (χ4n) is 1.05. The van der Waals surface area contributed by atoms with E-state index in [0.717, 1.165) is 18.2 Å². The highest BCUT2D eigenvalue weighted by atomic mass is 19.4. The van der Waals surface area contributed by atoms with Gasteiger partial charge in [0.1, 0.15) is 5.75 Å². The molecule has 0 fully saturated rings. The van der Waals surface area contributed by atoms with Crippen molar-refractivity contribution in [3.05, 3.63) is 42.0 Å². The van der Waals surface area contributed by atoms with Gasteiger partial charge in [0, 0.05) is 6.08 Å². The Morgan fingerprint density at radius 3 is 2.35 bits per heavy atom. The maximum Gasteiger partial charge on any atom is 0.573 e. The highest BCUT2D eigenvalue weighted by molar-refractivity contribution is 6.06. The number of nitriles is 1. The van der Waals surface area contributed by atoms with E-state index in [2.05, 4.69) is 4.74 Å². The monoisotopic (exact) mass is 240 g/mol. The Hall–Kier alpha value is -2.29. The number of rotatable bonds is 3. The van der Waals surface area contributed by atoms with E-state index in [0.29, 0.717) is 5.56 Å². The molecule has 0 aliphatic rings. The van der Waals surface area contributed by atoms with Gasteiger partial charge >= 0.3 is 6.36 Å². The summed E-state index contributed by atoms with van der Waals surface area (Å²) in [6.45, 7) is 0. The maximum absolute atomic E-state index is 11.9. The number of benzene rings is 1. The highest BCUT2D eigenvalue weighted by Crippen LogP contribution is 2.22. The van der Waals surface area contributed by atoms with Crippen LogP contribution in [-0.4, -0.2) is 12.1 Å². The summed E-state index contributed by atoms with van der Waals surface area (Å²) < 4.78 is 39.2. The molecule has 1 rings (SSSR count). The van der Waals surface area contributed by atoms with Gasteiger partial charge in [-0.3, -0.25) is 0 Å². The Bertz CT molecular complexity index is 469. The van der Waals surface area contributed by atoms with Gasteiger partial charge in [0.15, 0.2) is 0 Å². The summed E-state index contributed by atoms with van der Waals surface area (Å²) in [5.41, 5.74) is 0.427. The van der Waals surface area contributed by atoms with Crippen molar-refractivity contribution >= 4 is 5.71 Å². The van der Waals surface area contributed by atoms with Crippen LogP contribution in [0.5, 0.6) is 5.75 Å². The smallest absolute Gasteiger partial charge is 0.406 e. The minimum absolute atomic E-state index is 0.0325. The van der Waals surface area contributed by atoms with E-state index in [4.69, 9.17) is 10.7 Å². The molecule has 0 unspecified atom stereocenters. The van der Waals surface area contributed by atoms with Crippen LogP contribution in [0.3, 0.4) is 0 Å². The molecule has 0 aliphatic carbocycles. The van der Waals surface area contributed by atoms with Gasteiger partial charge in [0.2, 0.25) is 0 Å². The number of ether oxygens (including phenoxy) is 1. The number of nitrogens with zero attached hydrogens (tertiary/aromatic N) is 1. The van der Waals surface area contributed by atoms with Crippen LogP contribution in [0.4, 0.5) is 13.2 Å². The van der Waals surface area contributed by atoms with Crippen molar-refractivity contribution < 1.29 is 17.9 Å². The maximum atomic E-state index is 11.9. The summed E-state index contributed by atoms with van der Waals surface area (Å²) in [6, 6.07) is 6.55. The van der Waals surface area contributed by atoms with Gasteiger partial charge in [-0.05, 0) is 35.9 Å². The van der Waals surface area contributed by atoms with Crippen molar-refractivity contribution in [2.24, 2.45) is 0 Å². The van der Waals surface area contributed by atoms with E-state index in [1.165, 1.54) is 18.2 Å². The standard InChI is InChI=1S/C11H7F3N2O/c12-11(13,14)17-9-5-3-8(4-6-9)10(16)2-1-7-15/h1-6,16H/b2-1-,16-10?. The molecular weight excluding hydrogens is 233 g/mol. The average Bonchev–Trinajstić information content (AvgIpc) is 2.24. The third-order valence-corrected chi connectivity index (χ3v) is 1.72. The molecule has 6 heteroatoms. The van der Waals surface area contributed by atoms with Gasteiger partial charge in [0.25, 0.3) is 0 Å². The van der Waals surface area contributed by atoms with Gasteiger partial charge in [-0.2, -0.15) is 5.26 Å². The van der Waals surface area contributed by atoms with Gasteiger partial charge in [0.05, 0.1) is 11.8 Å². The molecule has 0 aliphatic heterocycles. The van der Waals surface area contributed by atoms with E-state index in [-0.39, 0.29) is 11.5 Å². The molecule has 1 aromatic carbocycles. The first-order chi connectivity index (χ1) is 7.92. The number of allylic oxidation sites excluding steroid dienone is 2. The van der Waals surface area contributed by atoms with E-state index < -0.39 is 6.36 Å². The lowest BCUT2D eigenvalue weighted by Crippen LogP contribution is -2.17. The highest BCUT2D eigenvalue weighted by Gasteiger charge is 2.30. The van der Waals surface area contributed by atoms with Crippen molar-refractivity contribution in [1.29, 1.82) is 10.7 Å². The van der Waals surface area contributed by atoms with Crippen molar-refractivity contribution in [2.45, 2.75) is 6.36 Å². The molecule has 0 aromatic heterocycles. The minimum Gasteiger partial charge on any atom is -0.406 e. The first-order valence-electron chi connectivity index (χ1n) is 4.43. The normalized spacial score (nSPS) is 11.2. The Balaban J connectivity index is 2.79. The van der Waals surface area contributed by atoms with Crippen LogP contribution in [0.15, 0.2) is 36.4 Å². The second-order valence-corrected chi connectivity index (χ2v) is 2.95. The summed E-state index contributed by atoms with van der Waals surface area (Å²) in [6.07, 6.45) is -2.36. The molecule has 1 aromatic rings. The van der Waals surface area contributed by atoms with Gasteiger partial charge in [-0.15, -0.1) is 13.2 Å². The molecule has 0 bridgehead atoms. The van der Waals surface area contributed by atoms with E-state index >= 15 is 0 Å². The number of nitrogens with one attached hydrogen (secondary N) is 1. The zero-order chi connectivity index (χ0) is 12.9. The van der Waals surface area contributed by atoms with Crippen LogP contribution in [-0.2, 0) is 0 Å². The molecule has 3 nitrogen and oxygen atoms in total. The zero-order valence-electron chi connectivity index (χ0n) is 8.45. The number of hydrogen-bond donors (Lipinski definition) is 1. The second-order valence-electron chi connectivity index (χ2n) is 2.95. The molecule has 0 saturated carbocycles. The Kier molecular flexibility index (Phi) is 3.88. The zero-order valence-corrected chi connectivity index (χ0v) is 8.45. The molecule has 0 spiro atoms. The molecule has 1 N–H and O–H groups in total. The van der Waals surface area contributed by atoms with E-state index in [1.807, 2.05) is 0 Å². The molecule has 17 heavy (non-hydrogen) atoms. The summed E-state index contributed by atoms with van der Waals surface area (Å²) in [4.78, 5) is 0. The summed E-state index contributed by atoms with van der Waals surface area (Å²) in [5.74, 6) is -0.349. The van der Waals surface area contributed by atoms with Crippen LogP contribution >= 0.6 is 0 Å². The van der Waals surface area contributed by atoms with Crippen LogP contribution in [0.1, 0.15) is 5.56 Å². The largest absolute Gasteiger partial charge is 0.573 e. The number of alkyl halides is 3. The van der Waals surface area contributed by atoms with Crippen molar-refractivity contribution in [3.8, 4) is 11.8 Å². The van der Waals surface area contributed by atoms with E-state index in [1.54, 1.807) is 6.07 Å². The van der Waals surface area contributed by atoms with Crippen molar-refractivity contribution in [2.75, 3.05) is 0 Å². The minimum atomic E-state index is -4.73. The molecule has 88 valence electrons. The number of halogens is 3. The first-order valence-corrected chi connectivity index (χ1v) is 4.43. The van der Waals surface area contributed by atoms with Crippen LogP contribution < -0.4 is 4.74 Å². The lowest BCUT2D eigenvalue weighted by atomic mass is 10.1. The molecule has 0 saturated heterocycles. The molecule has 0 amide bonds. The predicted octanol–water partition coefficient (Wildman–Crippen LogP) is 3.03. The van der Waals surface area contributed by atoms with Crippen LogP contribution in [0, 0.1) is 16.7 Å². The number of hydrogen-bond acceptors (Lipinski definition) is 3. The second kappa shape index (κ2) is 5.16. The fourth-order valence-corrected chi connectivity index (χ4v) is 1.05. The van der Waals surface area contributed by atoms with Crippen LogP contribution in [0.25, 0.3) is 0 Å². The first kappa shape index (κ1) is 12.8. The predicted molar refractivity (Wildman–Crippen MR) is 54.7 cm³/mol. The SMILES string of the molecule is N#C/C=C\C(=N)c1ccc(OC(F)(F)F)cc1. The molecule has 0 radical (unpaired) electrons. The Morgan fingerprint density at radius 2 is 1.88 bits per heavy atom. The average molecular weight is 240 g/mol. The van der Waals surface area contributed by atoms with Crippen molar-refractivity contribution in [1.82, 2.24) is 0 Å². The lowest BCUT2D eigenvalue weighted by molar-refractivity contribution is -0.274. The lowest BCUT2D eigenvalue weighted by Gasteiger charge is -2.08. The summed E-state index contributed by atoms with van der Waals surface area (Å²) in [7, 11) is 0. The van der Waals surface area contributed by atoms with Crippen molar-refractivity contribution in [3.63, 3.8) is 0 Å². The summed E-state index contributed by atoms with van der Waals surface area (Å²) >= 11 is 0. The topological polar surface area (TPSA) is 56.9 Å². The Morgan fingerprint density at radius 1 is 1.29 bits per heavy atom. The van der Waals surface area contributed by atoms with E-state index in [9.17, 15) is 13.2 Å². The van der Waals surface area contributed by atoms with Crippen LogP contribution in [0.2, 0.25) is 0 Å². The molecular formula is C11H7F3N2O. The third-order valence-electron chi connectivity index (χ3n) is 1.72. The van der Waals surface area contributed by atoms with Gasteiger partial charge in [-0.25, -0.2) is 0 Å². The quantitative estimate of drug-likeness (QED) is 0.652.